The summed E-state index contributed by atoms with van der Waals surface area (Å²) in [7, 11) is -4.73. The van der Waals surface area contributed by atoms with E-state index in [1.807, 2.05) is 4.98 Å². The minimum absolute atomic E-state index is 0.100. The summed E-state index contributed by atoms with van der Waals surface area (Å²) in [5.41, 5.74) is 6.24. The standard InChI is InChI=1S/C9H12N5O8P/c10-13-12-4-2-14(9(17)11-8(4)16)7-1-5(15)6(22-7)3-21-23(18,19)20/h2,5-7,15H,1,3H2,(H,11,16,17)(H2,18,19,20)/t5-,6+,7+/m0/s1. The third-order valence-corrected chi connectivity index (χ3v) is 3.51. The monoisotopic (exact) mass is 349 g/mol. The van der Waals surface area contributed by atoms with Gasteiger partial charge in [0.1, 0.15) is 18.0 Å². The largest absolute Gasteiger partial charge is 0.469 e. The minimum atomic E-state index is -4.73. The molecule has 23 heavy (non-hydrogen) atoms. The second-order valence-electron chi connectivity index (χ2n) is 4.59. The summed E-state index contributed by atoms with van der Waals surface area (Å²) in [5, 5.41) is 12.9. The zero-order chi connectivity index (χ0) is 17.2. The van der Waals surface area contributed by atoms with Crippen LogP contribution in [0.3, 0.4) is 0 Å². The van der Waals surface area contributed by atoms with Crippen molar-refractivity contribution in [3.63, 3.8) is 0 Å². The molecule has 13 nitrogen and oxygen atoms in total. The highest BCUT2D eigenvalue weighted by molar-refractivity contribution is 7.46. The number of azide groups is 1. The Morgan fingerprint density at radius 2 is 2.26 bits per heavy atom. The highest BCUT2D eigenvalue weighted by Gasteiger charge is 2.37. The molecule has 0 spiro atoms. The maximum Gasteiger partial charge on any atom is 0.469 e. The van der Waals surface area contributed by atoms with Gasteiger partial charge in [-0.3, -0.25) is 18.9 Å². The number of phosphoric ester groups is 1. The number of aromatic nitrogens is 2. The number of phosphoric acid groups is 1. The average Bonchev–Trinajstić information content (AvgIpc) is 2.80. The van der Waals surface area contributed by atoms with Crippen LogP contribution in [0, 0.1) is 0 Å². The van der Waals surface area contributed by atoms with Crippen molar-refractivity contribution in [3.05, 3.63) is 37.5 Å². The summed E-state index contributed by atoms with van der Waals surface area (Å²) in [6, 6.07) is 0. The van der Waals surface area contributed by atoms with Crippen LogP contribution < -0.4 is 11.2 Å². The summed E-state index contributed by atoms with van der Waals surface area (Å²) in [6.07, 6.45) is -2.42. The average molecular weight is 349 g/mol. The van der Waals surface area contributed by atoms with E-state index < -0.39 is 44.1 Å². The van der Waals surface area contributed by atoms with Gasteiger partial charge < -0.3 is 19.6 Å². The summed E-state index contributed by atoms with van der Waals surface area (Å²) < 4.78 is 21.1. The molecule has 1 saturated heterocycles. The molecule has 14 heteroatoms. The number of aliphatic hydroxyl groups excluding tert-OH is 1. The summed E-state index contributed by atoms with van der Waals surface area (Å²) in [4.78, 5) is 44.8. The fourth-order valence-corrected chi connectivity index (χ4v) is 2.36. The van der Waals surface area contributed by atoms with Gasteiger partial charge in [-0.1, -0.05) is 5.11 Å². The lowest BCUT2D eigenvalue weighted by molar-refractivity contribution is -0.0450. The maximum atomic E-state index is 11.8. The molecule has 4 N–H and O–H groups in total. The Balaban J connectivity index is 2.22. The number of rotatable bonds is 5. The molecule has 0 aliphatic carbocycles. The number of aliphatic hydroxyl groups is 1. The van der Waals surface area contributed by atoms with E-state index in [-0.39, 0.29) is 12.1 Å². The first-order chi connectivity index (χ1) is 10.7. The van der Waals surface area contributed by atoms with Crippen LogP contribution in [0.5, 0.6) is 0 Å². The van der Waals surface area contributed by atoms with Gasteiger partial charge >= 0.3 is 13.5 Å². The number of nitrogens with zero attached hydrogens (tertiary/aromatic N) is 4. The van der Waals surface area contributed by atoms with Gasteiger partial charge in [0.25, 0.3) is 5.56 Å². The zero-order valence-corrected chi connectivity index (χ0v) is 12.2. The van der Waals surface area contributed by atoms with E-state index in [2.05, 4.69) is 14.5 Å². The molecule has 0 aromatic carbocycles. The van der Waals surface area contributed by atoms with E-state index in [1.165, 1.54) is 0 Å². The Labute approximate surface area is 127 Å². The summed E-state index contributed by atoms with van der Waals surface area (Å²) in [5.74, 6) is 0. The molecule has 0 bridgehead atoms. The summed E-state index contributed by atoms with van der Waals surface area (Å²) in [6.45, 7) is -0.594. The van der Waals surface area contributed by atoms with Crippen molar-refractivity contribution in [2.24, 2.45) is 5.11 Å². The number of H-pyrrole nitrogens is 1. The smallest absolute Gasteiger partial charge is 0.390 e. The number of nitrogens with one attached hydrogen (secondary N) is 1. The molecule has 1 aliphatic rings. The SMILES string of the molecule is [N-]=[N+]=Nc1cn([C@H]2C[C@H](O)[C@@H](COP(=O)(O)O)O2)c(=O)[nH]c1=O. The van der Waals surface area contributed by atoms with Crippen molar-refractivity contribution in [3.8, 4) is 0 Å². The van der Waals surface area contributed by atoms with Crippen molar-refractivity contribution in [2.75, 3.05) is 6.61 Å². The van der Waals surface area contributed by atoms with Gasteiger partial charge in [0.2, 0.25) is 0 Å². The van der Waals surface area contributed by atoms with Crippen LogP contribution in [-0.2, 0) is 13.8 Å². The van der Waals surface area contributed by atoms with Crippen LogP contribution in [0.4, 0.5) is 5.69 Å². The Hall–Kier alpha value is -1.98. The molecular formula is C9H12N5O8P. The molecule has 0 amide bonds. The molecule has 1 aliphatic heterocycles. The fourth-order valence-electron chi connectivity index (χ4n) is 2.01. The second-order valence-corrected chi connectivity index (χ2v) is 5.83. The van der Waals surface area contributed by atoms with E-state index >= 15 is 0 Å². The Morgan fingerprint density at radius 3 is 2.87 bits per heavy atom. The van der Waals surface area contributed by atoms with E-state index in [4.69, 9.17) is 20.1 Å². The van der Waals surface area contributed by atoms with Crippen LogP contribution in [0.1, 0.15) is 12.6 Å². The fraction of sp³-hybridized carbons (Fsp3) is 0.556. The summed E-state index contributed by atoms with van der Waals surface area (Å²) >= 11 is 0. The van der Waals surface area contributed by atoms with Crippen molar-refractivity contribution in [1.29, 1.82) is 0 Å². The van der Waals surface area contributed by atoms with Crippen LogP contribution in [0.2, 0.25) is 0 Å². The topological polar surface area (TPSA) is 200 Å². The van der Waals surface area contributed by atoms with Crippen LogP contribution >= 0.6 is 7.82 Å². The first kappa shape index (κ1) is 17.4. The molecule has 1 fully saturated rings. The van der Waals surface area contributed by atoms with Crippen LogP contribution in [0.15, 0.2) is 20.9 Å². The number of aromatic amines is 1. The Kier molecular flexibility index (Phi) is 5.02. The predicted molar refractivity (Wildman–Crippen MR) is 72.7 cm³/mol. The van der Waals surface area contributed by atoms with Crippen molar-refractivity contribution in [1.82, 2.24) is 9.55 Å². The van der Waals surface area contributed by atoms with Gasteiger partial charge in [0.15, 0.2) is 0 Å². The van der Waals surface area contributed by atoms with E-state index in [0.717, 1.165) is 10.8 Å². The van der Waals surface area contributed by atoms with Gasteiger partial charge in [0.05, 0.1) is 12.7 Å². The second kappa shape index (κ2) is 6.64. The molecule has 0 unspecified atom stereocenters. The van der Waals surface area contributed by atoms with Gasteiger partial charge in [-0.2, -0.15) is 0 Å². The van der Waals surface area contributed by atoms with Gasteiger partial charge in [-0.25, -0.2) is 9.36 Å². The maximum absolute atomic E-state index is 11.8. The molecule has 3 atom stereocenters. The zero-order valence-electron chi connectivity index (χ0n) is 11.3. The van der Waals surface area contributed by atoms with Gasteiger partial charge in [-0.15, -0.1) is 0 Å². The highest BCUT2D eigenvalue weighted by atomic mass is 31.2. The van der Waals surface area contributed by atoms with Gasteiger partial charge in [0, 0.05) is 17.5 Å². The lowest BCUT2D eigenvalue weighted by atomic mass is 10.2. The molecule has 0 radical (unpaired) electrons. The predicted octanol–water partition coefficient (Wildman–Crippen LogP) is -0.764. The lowest BCUT2D eigenvalue weighted by Crippen LogP contribution is -2.32. The normalized spacial score (nSPS) is 24.4. The number of hydrogen-bond acceptors (Lipinski definition) is 7. The Bertz CT molecular complexity index is 792. The van der Waals surface area contributed by atoms with Crippen LogP contribution in [0.25, 0.3) is 10.4 Å². The van der Waals surface area contributed by atoms with Crippen LogP contribution in [-0.4, -0.2) is 43.3 Å². The van der Waals surface area contributed by atoms with Gasteiger partial charge in [-0.05, 0) is 5.53 Å². The molecule has 2 heterocycles. The molecule has 1 aromatic rings. The third-order valence-electron chi connectivity index (χ3n) is 3.02. The molecule has 1 aromatic heterocycles. The highest BCUT2D eigenvalue weighted by Crippen LogP contribution is 2.38. The number of hydrogen-bond donors (Lipinski definition) is 4. The van der Waals surface area contributed by atoms with E-state index in [0.29, 0.717) is 0 Å². The van der Waals surface area contributed by atoms with E-state index in [1.54, 1.807) is 0 Å². The van der Waals surface area contributed by atoms with Crippen molar-refractivity contribution >= 4 is 13.5 Å². The van der Waals surface area contributed by atoms with E-state index in [9.17, 15) is 19.3 Å². The lowest BCUT2D eigenvalue weighted by Gasteiger charge is -2.16. The quantitative estimate of drug-likeness (QED) is 0.230. The molecular weight excluding hydrogens is 337 g/mol. The first-order valence-corrected chi connectivity index (χ1v) is 7.68. The first-order valence-electron chi connectivity index (χ1n) is 6.15. The minimum Gasteiger partial charge on any atom is -0.390 e. The Morgan fingerprint density at radius 1 is 1.57 bits per heavy atom. The number of ether oxygens (including phenoxy) is 1. The molecule has 126 valence electrons. The van der Waals surface area contributed by atoms with Crippen molar-refractivity contribution < 1.29 is 28.7 Å². The van der Waals surface area contributed by atoms with Crippen molar-refractivity contribution in [2.45, 2.75) is 24.9 Å². The molecule has 2 rings (SSSR count). The molecule has 0 saturated carbocycles. The third kappa shape index (κ3) is 4.27.